The molecule has 1 aromatic carbocycles. The van der Waals surface area contributed by atoms with E-state index in [9.17, 15) is 0 Å². The zero-order valence-corrected chi connectivity index (χ0v) is 13.4. The summed E-state index contributed by atoms with van der Waals surface area (Å²) >= 11 is 0. The van der Waals surface area contributed by atoms with Gasteiger partial charge in [-0.2, -0.15) is 0 Å². The first kappa shape index (κ1) is 15.9. The molecule has 0 aliphatic carbocycles. The number of methoxy groups -OCH3 is 1. The molecule has 1 aromatic heterocycles. The van der Waals surface area contributed by atoms with Crippen LogP contribution in [-0.4, -0.2) is 26.4 Å². The molecule has 124 valence electrons. The summed E-state index contributed by atoms with van der Waals surface area (Å²) in [7, 11) is 1.64. The Balaban J connectivity index is 1.56. The zero-order chi connectivity index (χ0) is 15.9. The molecule has 2 aromatic rings. The van der Waals surface area contributed by atoms with Crippen molar-refractivity contribution < 1.29 is 18.6 Å². The second kappa shape index (κ2) is 8.04. The van der Waals surface area contributed by atoms with E-state index in [1.807, 2.05) is 30.3 Å². The van der Waals surface area contributed by atoms with Crippen LogP contribution in [0.25, 0.3) is 0 Å². The van der Waals surface area contributed by atoms with Crippen LogP contribution in [0.15, 0.2) is 41.0 Å². The lowest BCUT2D eigenvalue weighted by Gasteiger charge is -2.13. The lowest BCUT2D eigenvalue weighted by atomic mass is 10.2. The maximum absolute atomic E-state index is 5.82. The maximum atomic E-state index is 5.82. The number of nitrogens with one attached hydrogen (secondary N) is 1. The van der Waals surface area contributed by atoms with Crippen molar-refractivity contribution in [2.24, 2.45) is 0 Å². The van der Waals surface area contributed by atoms with Gasteiger partial charge in [-0.25, -0.2) is 0 Å². The molecule has 0 bridgehead atoms. The quantitative estimate of drug-likeness (QED) is 0.810. The van der Waals surface area contributed by atoms with E-state index >= 15 is 0 Å². The fourth-order valence-corrected chi connectivity index (χ4v) is 2.67. The monoisotopic (exact) mass is 317 g/mol. The highest BCUT2D eigenvalue weighted by Gasteiger charge is 2.14. The van der Waals surface area contributed by atoms with Crippen molar-refractivity contribution in [1.29, 1.82) is 0 Å². The summed E-state index contributed by atoms with van der Waals surface area (Å²) < 4.78 is 22.1. The van der Waals surface area contributed by atoms with Crippen molar-refractivity contribution in [3.63, 3.8) is 0 Å². The van der Waals surface area contributed by atoms with Gasteiger partial charge >= 0.3 is 0 Å². The molecule has 0 amide bonds. The number of furan rings is 1. The molecule has 1 aliphatic rings. The Bertz CT molecular complexity index is 591. The van der Waals surface area contributed by atoms with Gasteiger partial charge in [-0.15, -0.1) is 0 Å². The van der Waals surface area contributed by atoms with Gasteiger partial charge in [0.05, 0.1) is 19.5 Å². The van der Waals surface area contributed by atoms with Crippen LogP contribution >= 0.6 is 0 Å². The molecule has 2 heterocycles. The van der Waals surface area contributed by atoms with E-state index in [1.165, 1.54) is 6.42 Å². The maximum Gasteiger partial charge on any atom is 0.162 e. The van der Waals surface area contributed by atoms with E-state index in [0.29, 0.717) is 12.7 Å². The van der Waals surface area contributed by atoms with E-state index in [-0.39, 0.29) is 0 Å². The standard InChI is InChI=1S/C18H23NO4/c1-20-17-7-6-14(11-19-12-15-4-2-8-21-15)10-18(17)23-13-16-5-3-9-22-16/h3,5-7,9-10,15,19H,2,4,8,11-13H2,1H3. The Morgan fingerprint density at radius 1 is 1.26 bits per heavy atom. The summed E-state index contributed by atoms with van der Waals surface area (Å²) in [6, 6.07) is 9.72. The highest BCUT2D eigenvalue weighted by Crippen LogP contribution is 2.29. The molecular formula is C18H23NO4. The number of hydrogen-bond acceptors (Lipinski definition) is 5. The Labute approximate surface area is 136 Å². The minimum absolute atomic E-state index is 0.350. The molecule has 1 unspecified atom stereocenters. The van der Waals surface area contributed by atoms with Gasteiger partial charge < -0.3 is 23.9 Å². The highest BCUT2D eigenvalue weighted by molar-refractivity contribution is 5.43. The molecule has 0 spiro atoms. The molecule has 1 N–H and O–H groups in total. The molecule has 1 fully saturated rings. The second-order valence-electron chi connectivity index (χ2n) is 5.62. The Morgan fingerprint density at radius 2 is 2.22 bits per heavy atom. The number of ether oxygens (including phenoxy) is 3. The summed E-state index contributed by atoms with van der Waals surface area (Å²) in [5.41, 5.74) is 1.15. The van der Waals surface area contributed by atoms with Gasteiger partial charge in [0.1, 0.15) is 12.4 Å². The lowest BCUT2D eigenvalue weighted by molar-refractivity contribution is 0.110. The van der Waals surface area contributed by atoms with Crippen molar-refractivity contribution >= 4 is 0 Å². The molecule has 5 nitrogen and oxygen atoms in total. The van der Waals surface area contributed by atoms with Gasteiger partial charge in [-0.1, -0.05) is 6.07 Å². The summed E-state index contributed by atoms with van der Waals surface area (Å²) in [5.74, 6) is 2.23. The molecule has 1 saturated heterocycles. The second-order valence-corrected chi connectivity index (χ2v) is 5.62. The summed E-state index contributed by atoms with van der Waals surface area (Å²) in [4.78, 5) is 0. The van der Waals surface area contributed by atoms with E-state index in [1.54, 1.807) is 13.4 Å². The number of rotatable bonds is 8. The van der Waals surface area contributed by atoms with E-state index in [2.05, 4.69) is 5.32 Å². The summed E-state index contributed by atoms with van der Waals surface area (Å²) in [6.07, 6.45) is 4.30. The number of benzene rings is 1. The molecule has 1 atom stereocenters. The minimum Gasteiger partial charge on any atom is -0.493 e. The van der Waals surface area contributed by atoms with Crippen LogP contribution in [0, 0.1) is 0 Å². The number of hydrogen-bond donors (Lipinski definition) is 1. The highest BCUT2D eigenvalue weighted by atomic mass is 16.5. The molecule has 23 heavy (non-hydrogen) atoms. The molecule has 0 saturated carbocycles. The van der Waals surface area contributed by atoms with Crippen molar-refractivity contribution in [2.75, 3.05) is 20.3 Å². The molecule has 0 radical (unpaired) electrons. The van der Waals surface area contributed by atoms with E-state index < -0.39 is 0 Å². The minimum atomic E-state index is 0.350. The Morgan fingerprint density at radius 3 is 2.96 bits per heavy atom. The van der Waals surface area contributed by atoms with Crippen LogP contribution < -0.4 is 14.8 Å². The van der Waals surface area contributed by atoms with Crippen LogP contribution in [0.4, 0.5) is 0 Å². The van der Waals surface area contributed by atoms with Crippen LogP contribution in [0.1, 0.15) is 24.2 Å². The van der Waals surface area contributed by atoms with Crippen LogP contribution in [-0.2, 0) is 17.9 Å². The SMILES string of the molecule is COc1ccc(CNCC2CCCO2)cc1OCc1ccco1. The van der Waals surface area contributed by atoms with Gasteiger partial charge in [0, 0.05) is 19.7 Å². The lowest BCUT2D eigenvalue weighted by Crippen LogP contribution is -2.25. The van der Waals surface area contributed by atoms with Crippen LogP contribution in [0.2, 0.25) is 0 Å². The van der Waals surface area contributed by atoms with Crippen molar-refractivity contribution in [1.82, 2.24) is 5.32 Å². The molecule has 1 aliphatic heterocycles. The fourth-order valence-electron chi connectivity index (χ4n) is 2.67. The predicted molar refractivity (Wildman–Crippen MR) is 86.7 cm³/mol. The largest absolute Gasteiger partial charge is 0.493 e. The average molecular weight is 317 g/mol. The normalized spacial score (nSPS) is 17.3. The summed E-state index contributed by atoms with van der Waals surface area (Å²) in [6.45, 7) is 2.94. The summed E-state index contributed by atoms with van der Waals surface area (Å²) in [5, 5.41) is 3.44. The molecule has 5 heteroatoms. The van der Waals surface area contributed by atoms with Gasteiger partial charge in [0.15, 0.2) is 11.5 Å². The van der Waals surface area contributed by atoms with Gasteiger partial charge in [0.2, 0.25) is 0 Å². The first-order valence-corrected chi connectivity index (χ1v) is 7.99. The predicted octanol–water partition coefficient (Wildman–Crippen LogP) is 3.14. The smallest absolute Gasteiger partial charge is 0.162 e. The van der Waals surface area contributed by atoms with Gasteiger partial charge in [-0.05, 0) is 42.7 Å². The van der Waals surface area contributed by atoms with Crippen LogP contribution in [0.5, 0.6) is 11.5 Å². The Hall–Kier alpha value is -1.98. The topological polar surface area (TPSA) is 52.9 Å². The van der Waals surface area contributed by atoms with Crippen LogP contribution in [0.3, 0.4) is 0 Å². The molecular weight excluding hydrogens is 294 g/mol. The van der Waals surface area contributed by atoms with E-state index in [4.69, 9.17) is 18.6 Å². The fraction of sp³-hybridized carbons (Fsp3) is 0.444. The third-order valence-corrected chi connectivity index (χ3v) is 3.90. The zero-order valence-electron chi connectivity index (χ0n) is 13.4. The first-order chi connectivity index (χ1) is 11.3. The van der Waals surface area contributed by atoms with Gasteiger partial charge in [0.25, 0.3) is 0 Å². The third-order valence-electron chi connectivity index (χ3n) is 3.90. The average Bonchev–Trinajstić information content (AvgIpc) is 3.27. The Kier molecular flexibility index (Phi) is 5.56. The van der Waals surface area contributed by atoms with E-state index in [0.717, 1.165) is 48.9 Å². The molecule has 3 rings (SSSR count). The van der Waals surface area contributed by atoms with Gasteiger partial charge in [-0.3, -0.25) is 0 Å². The first-order valence-electron chi connectivity index (χ1n) is 7.99. The van der Waals surface area contributed by atoms with Crippen molar-refractivity contribution in [3.8, 4) is 11.5 Å². The van der Waals surface area contributed by atoms with Crippen molar-refractivity contribution in [2.45, 2.75) is 32.1 Å². The third kappa shape index (κ3) is 4.50. The van der Waals surface area contributed by atoms with Crippen molar-refractivity contribution in [3.05, 3.63) is 47.9 Å².